The summed E-state index contributed by atoms with van der Waals surface area (Å²) in [6.45, 7) is 0.574. The van der Waals surface area contributed by atoms with Crippen LogP contribution in [0.3, 0.4) is 0 Å². The van der Waals surface area contributed by atoms with Crippen molar-refractivity contribution in [1.29, 1.82) is 5.26 Å². The van der Waals surface area contributed by atoms with Gasteiger partial charge in [-0.1, -0.05) is 17.7 Å². The number of halogens is 2. The largest absolute Gasteiger partial charge is 0.493 e. The van der Waals surface area contributed by atoms with Gasteiger partial charge in [0.2, 0.25) is 0 Å². The Labute approximate surface area is 111 Å². The predicted molar refractivity (Wildman–Crippen MR) is 68.4 cm³/mol. The van der Waals surface area contributed by atoms with Crippen LogP contribution in [-0.4, -0.2) is 6.61 Å². The summed E-state index contributed by atoms with van der Waals surface area (Å²) in [6, 6.07) is 7.73. The van der Waals surface area contributed by atoms with Crippen molar-refractivity contribution in [2.75, 3.05) is 6.61 Å². The van der Waals surface area contributed by atoms with Crippen molar-refractivity contribution >= 4 is 23.2 Å². The van der Waals surface area contributed by atoms with Crippen LogP contribution in [0.5, 0.6) is 5.75 Å². The van der Waals surface area contributed by atoms with Crippen LogP contribution in [0.25, 0.3) is 0 Å². The maximum atomic E-state index is 8.74. The number of ether oxygens (including phenoxy) is 1. The zero-order valence-corrected chi connectivity index (χ0v) is 10.9. The highest BCUT2D eigenvalue weighted by Gasteiger charge is 2.43. The number of nitriles is 1. The SMILES string of the molecule is N#CCC1(COc2cccc(Cl)c2CCl)CC1. The molecule has 0 N–H and O–H groups in total. The third kappa shape index (κ3) is 2.86. The highest BCUT2D eigenvalue weighted by Crippen LogP contribution is 2.49. The lowest BCUT2D eigenvalue weighted by Crippen LogP contribution is -2.13. The van der Waals surface area contributed by atoms with E-state index in [9.17, 15) is 0 Å². The maximum Gasteiger partial charge on any atom is 0.125 e. The Morgan fingerprint density at radius 1 is 1.41 bits per heavy atom. The Bertz CT molecular complexity index is 449. The van der Waals surface area contributed by atoms with E-state index in [-0.39, 0.29) is 5.41 Å². The number of alkyl halides is 1. The first-order valence-electron chi connectivity index (χ1n) is 5.54. The van der Waals surface area contributed by atoms with Crippen LogP contribution in [0.1, 0.15) is 24.8 Å². The predicted octanol–water partition coefficient (Wildman–Crippen LogP) is 4.15. The Balaban J connectivity index is 2.05. The monoisotopic (exact) mass is 269 g/mol. The van der Waals surface area contributed by atoms with E-state index in [0.717, 1.165) is 24.2 Å². The van der Waals surface area contributed by atoms with Crippen molar-refractivity contribution in [2.24, 2.45) is 5.41 Å². The van der Waals surface area contributed by atoms with E-state index in [2.05, 4.69) is 6.07 Å². The third-order valence-corrected chi connectivity index (χ3v) is 3.78. The minimum Gasteiger partial charge on any atom is -0.493 e. The summed E-state index contributed by atoms with van der Waals surface area (Å²) in [7, 11) is 0. The molecule has 1 aromatic rings. The molecule has 0 bridgehead atoms. The second kappa shape index (κ2) is 5.16. The van der Waals surface area contributed by atoms with Crippen molar-refractivity contribution in [3.05, 3.63) is 28.8 Å². The van der Waals surface area contributed by atoms with Gasteiger partial charge in [-0.05, 0) is 25.0 Å². The van der Waals surface area contributed by atoms with Gasteiger partial charge in [-0.15, -0.1) is 11.6 Å². The lowest BCUT2D eigenvalue weighted by Gasteiger charge is -2.15. The van der Waals surface area contributed by atoms with Crippen molar-refractivity contribution in [3.63, 3.8) is 0 Å². The average Bonchev–Trinajstić information content (AvgIpc) is 3.07. The first-order chi connectivity index (χ1) is 8.21. The Hall–Kier alpha value is -0.910. The first kappa shape index (κ1) is 12.5. The van der Waals surface area contributed by atoms with E-state index in [1.165, 1.54) is 0 Å². The van der Waals surface area contributed by atoms with Gasteiger partial charge < -0.3 is 4.74 Å². The highest BCUT2D eigenvalue weighted by atomic mass is 35.5. The van der Waals surface area contributed by atoms with Crippen LogP contribution in [0.4, 0.5) is 0 Å². The van der Waals surface area contributed by atoms with E-state index in [1.54, 1.807) is 6.07 Å². The number of nitrogens with zero attached hydrogens (tertiary/aromatic N) is 1. The van der Waals surface area contributed by atoms with Crippen LogP contribution in [0.2, 0.25) is 5.02 Å². The molecule has 90 valence electrons. The molecule has 1 aliphatic rings. The van der Waals surface area contributed by atoms with Gasteiger partial charge in [0, 0.05) is 22.4 Å². The van der Waals surface area contributed by atoms with Crippen molar-refractivity contribution in [2.45, 2.75) is 25.1 Å². The van der Waals surface area contributed by atoms with E-state index in [4.69, 9.17) is 33.2 Å². The summed E-state index contributed by atoms with van der Waals surface area (Å²) in [5, 5.41) is 9.36. The molecule has 0 saturated heterocycles. The van der Waals surface area contributed by atoms with Gasteiger partial charge in [-0.25, -0.2) is 0 Å². The summed E-state index contributed by atoms with van der Waals surface area (Å²) in [6.07, 6.45) is 2.69. The van der Waals surface area contributed by atoms with Gasteiger partial charge in [-0.3, -0.25) is 0 Å². The lowest BCUT2D eigenvalue weighted by molar-refractivity contribution is 0.235. The zero-order valence-electron chi connectivity index (χ0n) is 9.38. The van der Waals surface area contributed by atoms with E-state index in [0.29, 0.717) is 23.9 Å². The first-order valence-corrected chi connectivity index (χ1v) is 6.45. The van der Waals surface area contributed by atoms with Crippen molar-refractivity contribution < 1.29 is 4.74 Å². The molecule has 4 heteroatoms. The molecule has 0 unspecified atom stereocenters. The van der Waals surface area contributed by atoms with E-state index in [1.807, 2.05) is 12.1 Å². The van der Waals surface area contributed by atoms with Crippen molar-refractivity contribution in [1.82, 2.24) is 0 Å². The fourth-order valence-corrected chi connectivity index (χ4v) is 2.33. The van der Waals surface area contributed by atoms with Crippen LogP contribution < -0.4 is 4.74 Å². The lowest BCUT2D eigenvalue weighted by atomic mass is 10.1. The second-order valence-electron chi connectivity index (χ2n) is 4.47. The highest BCUT2D eigenvalue weighted by molar-refractivity contribution is 6.32. The molecule has 17 heavy (non-hydrogen) atoms. The summed E-state index contributed by atoms with van der Waals surface area (Å²) in [5.41, 5.74) is 0.893. The molecule has 1 aliphatic carbocycles. The summed E-state index contributed by atoms with van der Waals surface area (Å²) in [4.78, 5) is 0. The molecule has 0 amide bonds. The fourth-order valence-electron chi connectivity index (χ4n) is 1.75. The normalized spacial score (nSPS) is 16.3. The van der Waals surface area contributed by atoms with E-state index < -0.39 is 0 Å². The number of hydrogen-bond donors (Lipinski definition) is 0. The van der Waals surface area contributed by atoms with Crippen LogP contribution in [-0.2, 0) is 5.88 Å². The third-order valence-electron chi connectivity index (χ3n) is 3.15. The minimum atomic E-state index is 0.0701. The van der Waals surface area contributed by atoms with Gasteiger partial charge in [-0.2, -0.15) is 5.26 Å². The molecule has 1 fully saturated rings. The summed E-state index contributed by atoms with van der Waals surface area (Å²) < 4.78 is 5.77. The van der Waals surface area contributed by atoms with Gasteiger partial charge in [0.1, 0.15) is 5.75 Å². The standard InChI is InChI=1S/C13H13Cl2NO/c14-8-10-11(15)2-1-3-12(10)17-9-13(4-5-13)6-7-16/h1-3H,4-6,8-9H2. The summed E-state index contributed by atoms with van der Waals surface area (Å²) in [5.74, 6) is 1.07. The molecule has 0 aliphatic heterocycles. The zero-order chi connectivity index (χ0) is 12.3. The number of rotatable bonds is 5. The van der Waals surface area contributed by atoms with Gasteiger partial charge >= 0.3 is 0 Å². The fraction of sp³-hybridized carbons (Fsp3) is 0.462. The minimum absolute atomic E-state index is 0.0701. The van der Waals surface area contributed by atoms with Gasteiger partial charge in [0.05, 0.1) is 18.6 Å². The van der Waals surface area contributed by atoms with E-state index >= 15 is 0 Å². The van der Waals surface area contributed by atoms with Crippen LogP contribution in [0.15, 0.2) is 18.2 Å². The molecule has 0 spiro atoms. The number of benzene rings is 1. The van der Waals surface area contributed by atoms with Gasteiger partial charge in [0.15, 0.2) is 0 Å². The maximum absolute atomic E-state index is 8.74. The topological polar surface area (TPSA) is 33.0 Å². The van der Waals surface area contributed by atoms with Crippen molar-refractivity contribution in [3.8, 4) is 11.8 Å². The Morgan fingerprint density at radius 2 is 2.18 bits per heavy atom. The van der Waals surface area contributed by atoms with Gasteiger partial charge in [0.25, 0.3) is 0 Å². The Morgan fingerprint density at radius 3 is 2.76 bits per heavy atom. The smallest absolute Gasteiger partial charge is 0.125 e. The molecule has 1 saturated carbocycles. The molecule has 0 heterocycles. The van der Waals surface area contributed by atoms with Crippen LogP contribution >= 0.6 is 23.2 Å². The Kier molecular flexibility index (Phi) is 3.81. The second-order valence-corrected chi connectivity index (χ2v) is 5.15. The summed E-state index contributed by atoms with van der Waals surface area (Å²) >= 11 is 11.9. The molecule has 1 aromatic carbocycles. The molecule has 0 aromatic heterocycles. The average molecular weight is 270 g/mol. The molecule has 0 radical (unpaired) electrons. The molecule has 2 nitrogen and oxygen atoms in total. The number of hydrogen-bond acceptors (Lipinski definition) is 2. The van der Waals surface area contributed by atoms with Crippen LogP contribution in [0, 0.1) is 16.7 Å². The quantitative estimate of drug-likeness (QED) is 0.753. The molecule has 0 atom stereocenters. The molecular weight excluding hydrogens is 257 g/mol. The molecular formula is C13H13Cl2NO. The molecule has 2 rings (SSSR count).